The molecule has 0 aliphatic carbocycles. The number of esters is 1. The second-order valence-corrected chi connectivity index (χ2v) is 11.3. The van der Waals surface area contributed by atoms with Crippen molar-refractivity contribution in [2.75, 3.05) is 19.8 Å². The van der Waals surface area contributed by atoms with Crippen molar-refractivity contribution in [1.29, 1.82) is 0 Å². The van der Waals surface area contributed by atoms with E-state index in [1.54, 1.807) is 17.9 Å². The molecule has 218 valence electrons. The van der Waals surface area contributed by atoms with E-state index in [4.69, 9.17) is 9.47 Å². The van der Waals surface area contributed by atoms with Gasteiger partial charge in [-0.3, -0.25) is 14.4 Å². The Morgan fingerprint density at radius 1 is 1.12 bits per heavy atom. The van der Waals surface area contributed by atoms with Crippen LogP contribution in [0.15, 0.2) is 73.3 Å². The Morgan fingerprint density at radius 2 is 1.78 bits per heavy atom. The molecule has 2 bridgehead atoms. The standard InChI is InChI=1S/C33H40N2O6/c1-4-19-34(21-24-15-11-8-12-16-24)30(38)28-33-18-17-32(5-2,41-33)27(31(39)40-6-3)26(33)29(37)35(28)25(22-36)20-23-13-9-7-10-14-23/h4,7-16,25-28,36H,1,5-6,17-22H2,2-3H3/t25-,26+,27-,28?,32+,33?/m1/s1. The Bertz CT molecular complexity index is 1270. The van der Waals surface area contributed by atoms with Gasteiger partial charge in [0.25, 0.3) is 0 Å². The van der Waals surface area contributed by atoms with Crippen LogP contribution in [0, 0.1) is 11.8 Å². The van der Waals surface area contributed by atoms with Gasteiger partial charge >= 0.3 is 5.97 Å². The number of carbonyl (C=O) groups is 3. The largest absolute Gasteiger partial charge is 0.466 e. The molecule has 6 atom stereocenters. The minimum absolute atomic E-state index is 0.187. The first kappa shape index (κ1) is 29.0. The zero-order valence-corrected chi connectivity index (χ0v) is 23.9. The minimum Gasteiger partial charge on any atom is -0.466 e. The molecule has 1 N–H and O–H groups in total. The highest BCUT2D eigenvalue weighted by molar-refractivity contribution is 5.98. The Hall–Kier alpha value is -3.49. The number of aliphatic hydroxyl groups excluding tert-OH is 1. The number of carbonyl (C=O) groups excluding carboxylic acids is 3. The Balaban J connectivity index is 1.60. The minimum atomic E-state index is -1.19. The van der Waals surface area contributed by atoms with E-state index in [0.29, 0.717) is 32.2 Å². The van der Waals surface area contributed by atoms with Gasteiger partial charge in [0.05, 0.1) is 30.8 Å². The molecule has 0 saturated carbocycles. The number of fused-ring (bicyclic) bond motifs is 1. The van der Waals surface area contributed by atoms with Crippen LogP contribution in [0.5, 0.6) is 0 Å². The molecule has 2 aromatic rings. The lowest BCUT2D eigenvalue weighted by atomic mass is 9.65. The summed E-state index contributed by atoms with van der Waals surface area (Å²) in [6.45, 7) is 8.03. The summed E-state index contributed by atoms with van der Waals surface area (Å²) in [5.41, 5.74) is -0.179. The number of rotatable bonds is 12. The van der Waals surface area contributed by atoms with Gasteiger partial charge in [-0.2, -0.15) is 0 Å². The van der Waals surface area contributed by atoms with Crippen LogP contribution >= 0.6 is 0 Å². The van der Waals surface area contributed by atoms with E-state index in [9.17, 15) is 19.5 Å². The third kappa shape index (κ3) is 4.87. The predicted molar refractivity (Wildman–Crippen MR) is 153 cm³/mol. The summed E-state index contributed by atoms with van der Waals surface area (Å²) >= 11 is 0. The average Bonchev–Trinajstić information content (AvgIpc) is 3.60. The fourth-order valence-corrected chi connectivity index (χ4v) is 7.42. The highest BCUT2D eigenvalue weighted by Gasteiger charge is 2.79. The molecule has 3 saturated heterocycles. The molecule has 8 nitrogen and oxygen atoms in total. The van der Waals surface area contributed by atoms with Crippen LogP contribution in [-0.4, -0.2) is 75.7 Å². The third-order valence-corrected chi connectivity index (χ3v) is 9.19. The molecule has 3 aliphatic rings. The summed E-state index contributed by atoms with van der Waals surface area (Å²) in [6, 6.07) is 17.6. The van der Waals surface area contributed by atoms with E-state index in [-0.39, 0.29) is 31.6 Å². The molecule has 3 heterocycles. The van der Waals surface area contributed by atoms with Crippen molar-refractivity contribution in [2.24, 2.45) is 11.8 Å². The molecule has 41 heavy (non-hydrogen) atoms. The van der Waals surface area contributed by atoms with Crippen LogP contribution in [0.25, 0.3) is 0 Å². The summed E-state index contributed by atoms with van der Waals surface area (Å²) in [6.07, 6.45) is 3.58. The second kappa shape index (κ2) is 11.8. The second-order valence-electron chi connectivity index (χ2n) is 11.3. The first-order valence-electron chi connectivity index (χ1n) is 14.6. The quantitative estimate of drug-likeness (QED) is 0.315. The molecular weight excluding hydrogens is 520 g/mol. The van der Waals surface area contributed by atoms with E-state index in [1.807, 2.05) is 67.6 Å². The fourth-order valence-electron chi connectivity index (χ4n) is 7.42. The molecule has 8 heteroatoms. The maximum absolute atomic E-state index is 14.7. The molecule has 0 aromatic heterocycles. The number of amides is 2. The number of hydrogen-bond acceptors (Lipinski definition) is 6. The van der Waals surface area contributed by atoms with Crippen molar-refractivity contribution in [3.63, 3.8) is 0 Å². The molecule has 2 unspecified atom stereocenters. The number of likely N-dealkylation sites (tertiary alicyclic amines) is 1. The monoisotopic (exact) mass is 560 g/mol. The van der Waals surface area contributed by atoms with Crippen molar-refractivity contribution in [1.82, 2.24) is 9.80 Å². The number of benzene rings is 2. The van der Waals surface area contributed by atoms with Gasteiger partial charge in [-0.15, -0.1) is 6.58 Å². The van der Waals surface area contributed by atoms with Crippen molar-refractivity contribution < 1.29 is 29.0 Å². The Kier molecular flexibility index (Phi) is 8.34. The van der Waals surface area contributed by atoms with E-state index in [0.717, 1.165) is 11.1 Å². The van der Waals surface area contributed by atoms with E-state index in [2.05, 4.69) is 6.58 Å². The lowest BCUT2D eigenvalue weighted by molar-refractivity contribution is -0.163. The van der Waals surface area contributed by atoms with Crippen LogP contribution < -0.4 is 0 Å². The van der Waals surface area contributed by atoms with Crippen LogP contribution in [0.4, 0.5) is 0 Å². The average molecular weight is 561 g/mol. The maximum atomic E-state index is 14.7. The smallest absolute Gasteiger partial charge is 0.312 e. The predicted octanol–water partition coefficient (Wildman–Crippen LogP) is 3.52. The van der Waals surface area contributed by atoms with Gasteiger partial charge in [-0.25, -0.2) is 0 Å². The van der Waals surface area contributed by atoms with Crippen LogP contribution in [-0.2, 0) is 36.8 Å². The van der Waals surface area contributed by atoms with Gasteiger partial charge in [-0.05, 0) is 43.7 Å². The summed E-state index contributed by atoms with van der Waals surface area (Å²) in [5.74, 6) is -2.74. The molecule has 1 spiro atoms. The molecule has 2 aromatic carbocycles. The van der Waals surface area contributed by atoms with Gasteiger partial charge in [0.1, 0.15) is 17.6 Å². The topological polar surface area (TPSA) is 96.4 Å². The number of aliphatic hydroxyl groups is 1. The summed E-state index contributed by atoms with van der Waals surface area (Å²) in [4.78, 5) is 45.9. The molecule has 5 rings (SSSR count). The van der Waals surface area contributed by atoms with Crippen LogP contribution in [0.1, 0.15) is 44.2 Å². The SMILES string of the molecule is C=CCN(Cc1ccccc1)C(=O)C1N([C@@H](CO)Cc2ccccc2)C(=O)[C@@H]2[C@H](C(=O)OCC)[C@]3(CC)CCC12O3. The van der Waals surface area contributed by atoms with Crippen molar-refractivity contribution in [3.05, 3.63) is 84.4 Å². The lowest BCUT2D eigenvalue weighted by Crippen LogP contribution is -2.59. The highest BCUT2D eigenvalue weighted by atomic mass is 16.6. The van der Waals surface area contributed by atoms with Gasteiger partial charge in [-0.1, -0.05) is 73.7 Å². The van der Waals surface area contributed by atoms with Gasteiger partial charge < -0.3 is 24.4 Å². The molecular formula is C33H40N2O6. The fraction of sp³-hybridized carbons (Fsp3) is 0.485. The first-order valence-corrected chi connectivity index (χ1v) is 14.6. The van der Waals surface area contributed by atoms with Crippen molar-refractivity contribution in [2.45, 2.75) is 69.4 Å². The number of nitrogens with zero attached hydrogens (tertiary/aromatic N) is 2. The van der Waals surface area contributed by atoms with Crippen LogP contribution in [0.2, 0.25) is 0 Å². The summed E-state index contributed by atoms with van der Waals surface area (Å²) < 4.78 is 12.3. The Morgan fingerprint density at radius 3 is 2.37 bits per heavy atom. The molecule has 3 aliphatic heterocycles. The molecule has 3 fully saturated rings. The van der Waals surface area contributed by atoms with E-state index < -0.39 is 41.1 Å². The molecule has 2 amide bonds. The van der Waals surface area contributed by atoms with Crippen molar-refractivity contribution in [3.8, 4) is 0 Å². The van der Waals surface area contributed by atoms with Crippen molar-refractivity contribution >= 4 is 17.8 Å². The highest BCUT2D eigenvalue weighted by Crippen LogP contribution is 2.65. The van der Waals surface area contributed by atoms with Crippen LogP contribution in [0.3, 0.4) is 0 Å². The zero-order valence-electron chi connectivity index (χ0n) is 23.9. The van der Waals surface area contributed by atoms with Gasteiger partial charge in [0.15, 0.2) is 0 Å². The van der Waals surface area contributed by atoms with Gasteiger partial charge in [0.2, 0.25) is 11.8 Å². The summed E-state index contributed by atoms with van der Waals surface area (Å²) in [5, 5.41) is 10.7. The van der Waals surface area contributed by atoms with E-state index >= 15 is 0 Å². The zero-order chi connectivity index (χ0) is 29.2. The third-order valence-electron chi connectivity index (χ3n) is 9.19. The number of hydrogen-bond donors (Lipinski definition) is 1. The summed E-state index contributed by atoms with van der Waals surface area (Å²) in [7, 11) is 0. The normalized spacial score (nSPS) is 28.8. The maximum Gasteiger partial charge on any atom is 0.312 e. The number of ether oxygens (including phenoxy) is 2. The van der Waals surface area contributed by atoms with Gasteiger partial charge in [0, 0.05) is 13.1 Å². The van der Waals surface area contributed by atoms with E-state index in [1.165, 1.54) is 4.90 Å². The lowest BCUT2D eigenvalue weighted by Gasteiger charge is -2.39. The Labute approximate surface area is 241 Å². The first-order chi connectivity index (χ1) is 19.9. The molecule has 0 radical (unpaired) electrons.